The van der Waals surface area contributed by atoms with Crippen molar-refractivity contribution in [2.45, 2.75) is 105 Å². The zero-order chi connectivity index (χ0) is 54.5. The lowest BCUT2D eigenvalue weighted by atomic mass is 9.84. The molecule has 2 nitrogen and oxygen atoms in total. The molecule has 386 valence electrons. The number of hydrogen-bond donors (Lipinski definition) is 0. The van der Waals surface area contributed by atoms with E-state index in [1.54, 1.807) is 0 Å². The lowest BCUT2D eigenvalue weighted by Gasteiger charge is -2.22. The van der Waals surface area contributed by atoms with Crippen LogP contribution in [0.3, 0.4) is 0 Å². The molecule has 0 bridgehead atoms. The van der Waals surface area contributed by atoms with Crippen molar-refractivity contribution in [3.8, 4) is 33.6 Å². The molecule has 0 saturated heterocycles. The normalized spacial score (nSPS) is 13.0. The Hall–Kier alpha value is -7.36. The minimum Gasteiger partial charge on any atom is -0.308 e. The second-order valence-electron chi connectivity index (χ2n) is 26.2. The number of aromatic nitrogens is 2. The zero-order valence-corrected chi connectivity index (χ0v) is 48.5. The van der Waals surface area contributed by atoms with E-state index in [1.807, 2.05) is 0 Å². The van der Waals surface area contributed by atoms with Crippen LogP contribution in [0.15, 0.2) is 182 Å². The molecule has 0 fully saturated rings. The van der Waals surface area contributed by atoms with E-state index in [0.717, 1.165) is 54.6 Å². The average Bonchev–Trinajstić information content (AvgIpc) is 3.94. The Bertz CT molecular complexity index is 4370. The Balaban J connectivity index is 1.18. The van der Waals surface area contributed by atoms with Crippen molar-refractivity contribution in [3.63, 3.8) is 0 Å². The second kappa shape index (κ2) is 17.6. The summed E-state index contributed by atoms with van der Waals surface area (Å²) in [5.74, 6) is 0. The van der Waals surface area contributed by atoms with Crippen LogP contribution in [0.5, 0.6) is 0 Å². The average molecular weight is 1050 g/mol. The Labute approximate surface area is 468 Å². The molecule has 0 aliphatic rings. The lowest BCUT2D eigenvalue weighted by molar-refractivity contribution is 0.590. The van der Waals surface area contributed by atoms with Gasteiger partial charge < -0.3 is 9.13 Å². The minimum absolute atomic E-state index is 0.0365. The molecular formula is C74H66Cl2N2. The summed E-state index contributed by atoms with van der Waals surface area (Å²) in [5, 5.41) is 15.7. The molecule has 78 heavy (non-hydrogen) atoms. The highest BCUT2D eigenvalue weighted by atomic mass is 35.5. The van der Waals surface area contributed by atoms with Crippen LogP contribution < -0.4 is 0 Å². The Morgan fingerprint density at radius 2 is 0.641 bits per heavy atom. The highest BCUT2D eigenvalue weighted by molar-refractivity contribution is 6.37. The van der Waals surface area contributed by atoms with Crippen molar-refractivity contribution >= 4 is 110 Å². The summed E-state index contributed by atoms with van der Waals surface area (Å²) in [6.07, 6.45) is 0. The van der Waals surface area contributed by atoms with Crippen LogP contribution in [0, 0.1) is 0 Å². The van der Waals surface area contributed by atoms with Crippen molar-refractivity contribution in [2.24, 2.45) is 0 Å². The summed E-state index contributed by atoms with van der Waals surface area (Å²) in [5.41, 5.74) is 15.9. The fraction of sp³-hybridized carbons (Fsp3) is 0.216. The molecule has 0 amide bonds. The van der Waals surface area contributed by atoms with Gasteiger partial charge in [0.1, 0.15) is 0 Å². The van der Waals surface area contributed by atoms with E-state index in [-0.39, 0.29) is 21.7 Å². The summed E-state index contributed by atoms with van der Waals surface area (Å²) >= 11 is 15.2. The van der Waals surface area contributed by atoms with Gasteiger partial charge in [-0.15, -0.1) is 0 Å². The summed E-state index contributed by atoms with van der Waals surface area (Å²) in [7, 11) is 0. The quantitative estimate of drug-likeness (QED) is 0.156. The van der Waals surface area contributed by atoms with Gasteiger partial charge in [-0.25, -0.2) is 0 Å². The smallest absolute Gasteiger partial charge is 0.0727 e. The summed E-state index contributed by atoms with van der Waals surface area (Å²) < 4.78 is 4.83. The molecule has 2 heterocycles. The number of halogens is 2. The van der Waals surface area contributed by atoms with Gasteiger partial charge >= 0.3 is 0 Å². The van der Waals surface area contributed by atoms with E-state index in [1.165, 1.54) is 98.0 Å². The Morgan fingerprint density at radius 3 is 1.01 bits per heavy atom. The molecular weight excluding hydrogens is 988 g/mol. The van der Waals surface area contributed by atoms with Crippen LogP contribution in [-0.2, 0) is 21.7 Å². The van der Waals surface area contributed by atoms with Gasteiger partial charge in [0.2, 0.25) is 0 Å². The summed E-state index contributed by atoms with van der Waals surface area (Å²) in [6.45, 7) is 27.4. The molecule has 0 spiro atoms. The monoisotopic (exact) mass is 1050 g/mol. The molecule has 0 N–H and O–H groups in total. The first-order valence-corrected chi connectivity index (χ1v) is 28.4. The van der Waals surface area contributed by atoms with Crippen LogP contribution in [0.1, 0.15) is 105 Å². The van der Waals surface area contributed by atoms with Gasteiger partial charge in [0.25, 0.3) is 0 Å². The first-order chi connectivity index (χ1) is 37.0. The third-order valence-electron chi connectivity index (χ3n) is 16.8. The standard InChI is InChI=1S/C74H66Cl2N2/c1-71(2,3)49-25-31-65-57(35-49)61-37-51(73(7,8)9)39-63(75)69(61)77(65)53-27-29-55-59(41-53)67(47-23-21-43-17-13-15-19-45(43)33-47)56-30-28-54(42-60(56)68(55)48-24-22-44-18-14-16-20-46(44)34-48)78-66-32-26-50(72(4,5)6)36-58(66)62-38-52(74(10,11)12)40-64(76)70(62)78/h13-42H,1-12H3. The number of benzene rings is 11. The van der Waals surface area contributed by atoms with Gasteiger partial charge in [-0.2, -0.15) is 0 Å². The fourth-order valence-corrected chi connectivity index (χ4v) is 12.9. The first kappa shape index (κ1) is 50.2. The predicted octanol–water partition coefficient (Wildman–Crippen LogP) is 22.3. The maximum atomic E-state index is 7.62. The first-order valence-electron chi connectivity index (χ1n) is 27.6. The molecule has 0 atom stereocenters. The number of fused-ring (bicyclic) bond motifs is 10. The number of rotatable bonds is 4. The SMILES string of the molecule is CC(C)(C)c1ccc2c(c1)c1cc(C(C)(C)C)cc(Cl)c1n2-c1ccc2c(-c3ccc4ccccc4c3)c3cc(-n4c5ccc(C(C)(C)C)cc5c5cc(C(C)(C)C)cc(Cl)c54)ccc3c(-c3ccc4ccccc4c3)c2c1. The van der Waals surface area contributed by atoms with Gasteiger partial charge in [-0.05, 0) is 194 Å². The molecule has 0 aliphatic carbocycles. The van der Waals surface area contributed by atoms with Crippen LogP contribution in [0.25, 0.3) is 120 Å². The summed E-state index contributed by atoms with van der Waals surface area (Å²) in [6, 6.07) is 68.8. The third kappa shape index (κ3) is 8.12. The van der Waals surface area contributed by atoms with E-state index in [4.69, 9.17) is 23.2 Å². The largest absolute Gasteiger partial charge is 0.308 e. The topological polar surface area (TPSA) is 9.86 Å². The highest BCUT2D eigenvalue weighted by Gasteiger charge is 2.27. The zero-order valence-electron chi connectivity index (χ0n) is 47.0. The van der Waals surface area contributed by atoms with Gasteiger partial charge in [-0.3, -0.25) is 0 Å². The summed E-state index contributed by atoms with van der Waals surface area (Å²) in [4.78, 5) is 0. The van der Waals surface area contributed by atoms with Crippen molar-refractivity contribution in [1.82, 2.24) is 9.13 Å². The van der Waals surface area contributed by atoms with Crippen molar-refractivity contribution < 1.29 is 0 Å². The van der Waals surface area contributed by atoms with Crippen molar-refractivity contribution in [2.75, 3.05) is 0 Å². The molecule has 0 aliphatic heterocycles. The molecule has 2 aromatic heterocycles. The van der Waals surface area contributed by atoms with E-state index in [9.17, 15) is 0 Å². The molecule has 0 unspecified atom stereocenters. The van der Waals surface area contributed by atoms with Crippen LogP contribution in [-0.4, -0.2) is 9.13 Å². The van der Waals surface area contributed by atoms with Crippen LogP contribution in [0.2, 0.25) is 10.0 Å². The van der Waals surface area contributed by atoms with Gasteiger partial charge in [-0.1, -0.05) is 203 Å². The molecule has 4 heteroatoms. The van der Waals surface area contributed by atoms with Crippen molar-refractivity contribution in [3.05, 3.63) is 214 Å². The fourth-order valence-electron chi connectivity index (χ4n) is 12.3. The molecule has 13 rings (SSSR count). The van der Waals surface area contributed by atoms with Crippen molar-refractivity contribution in [1.29, 1.82) is 0 Å². The molecule has 11 aromatic carbocycles. The Kier molecular flexibility index (Phi) is 11.3. The maximum absolute atomic E-state index is 7.62. The van der Waals surface area contributed by atoms with Crippen LogP contribution >= 0.6 is 23.2 Å². The number of nitrogens with zero attached hydrogens (tertiary/aromatic N) is 2. The number of hydrogen-bond acceptors (Lipinski definition) is 0. The predicted molar refractivity (Wildman–Crippen MR) is 341 cm³/mol. The minimum atomic E-state index is -0.0922. The molecule has 0 radical (unpaired) electrons. The van der Waals surface area contributed by atoms with Gasteiger partial charge in [0.05, 0.1) is 32.1 Å². The van der Waals surface area contributed by atoms with E-state index in [2.05, 4.69) is 274 Å². The van der Waals surface area contributed by atoms with E-state index in [0.29, 0.717) is 0 Å². The lowest BCUT2D eigenvalue weighted by Crippen LogP contribution is -2.11. The van der Waals surface area contributed by atoms with Gasteiger partial charge in [0, 0.05) is 32.9 Å². The highest BCUT2D eigenvalue weighted by Crippen LogP contribution is 2.49. The van der Waals surface area contributed by atoms with Crippen LogP contribution in [0.4, 0.5) is 0 Å². The molecule has 0 saturated carbocycles. The molecule has 13 aromatic rings. The maximum Gasteiger partial charge on any atom is 0.0727 e. The second-order valence-corrected chi connectivity index (χ2v) is 27.0. The third-order valence-corrected chi connectivity index (χ3v) is 17.3. The Morgan fingerprint density at radius 1 is 0.282 bits per heavy atom. The van der Waals surface area contributed by atoms with E-state index >= 15 is 0 Å². The van der Waals surface area contributed by atoms with E-state index < -0.39 is 0 Å². The van der Waals surface area contributed by atoms with Gasteiger partial charge in [0.15, 0.2) is 0 Å².